The van der Waals surface area contributed by atoms with Crippen LogP contribution in [0.15, 0.2) is 0 Å². The molecular weight excluding hydrogens is 201 g/mol. The van der Waals surface area contributed by atoms with Gasteiger partial charge < -0.3 is 5.32 Å². The van der Waals surface area contributed by atoms with E-state index in [1.54, 1.807) is 0 Å². The van der Waals surface area contributed by atoms with Gasteiger partial charge in [0.2, 0.25) is 0 Å². The summed E-state index contributed by atoms with van der Waals surface area (Å²) in [4.78, 5) is 21.5. The molecule has 1 saturated heterocycles. The summed E-state index contributed by atoms with van der Waals surface area (Å²) in [5, 5.41) is 3.97. The fourth-order valence-electron chi connectivity index (χ4n) is 1.11. The molecule has 2 atom stereocenters. The van der Waals surface area contributed by atoms with Gasteiger partial charge in [0, 0.05) is 0 Å². The van der Waals surface area contributed by atoms with E-state index in [9.17, 15) is 22.8 Å². The molecule has 4 nitrogen and oxygen atoms in total. The van der Waals surface area contributed by atoms with E-state index in [0.29, 0.717) is 0 Å². The highest BCUT2D eigenvalue weighted by Gasteiger charge is 2.40. The predicted octanol–water partition coefficient (Wildman–Crippen LogP) is 0.783. The van der Waals surface area contributed by atoms with Crippen molar-refractivity contribution in [2.24, 2.45) is 5.92 Å². The molecule has 1 fully saturated rings. The van der Waals surface area contributed by atoms with Gasteiger partial charge in [-0.3, -0.25) is 10.1 Å². The monoisotopic (exact) mass is 210 g/mol. The molecule has 14 heavy (non-hydrogen) atoms. The van der Waals surface area contributed by atoms with Gasteiger partial charge in [-0.1, -0.05) is 6.92 Å². The lowest BCUT2D eigenvalue weighted by Crippen LogP contribution is -2.34. The van der Waals surface area contributed by atoms with E-state index in [0.717, 1.165) is 6.92 Å². The van der Waals surface area contributed by atoms with Crippen LogP contribution in [-0.2, 0) is 4.79 Å². The Morgan fingerprint density at radius 2 is 2.00 bits per heavy atom. The van der Waals surface area contributed by atoms with Crippen LogP contribution >= 0.6 is 0 Å². The van der Waals surface area contributed by atoms with Crippen molar-refractivity contribution in [2.45, 2.75) is 25.6 Å². The summed E-state index contributed by atoms with van der Waals surface area (Å²) in [6.45, 7) is 0.970. The van der Waals surface area contributed by atoms with Gasteiger partial charge in [-0.2, -0.15) is 13.2 Å². The first-order valence-corrected chi connectivity index (χ1v) is 3.99. The maximum atomic E-state index is 12.1. The minimum atomic E-state index is -4.34. The zero-order valence-corrected chi connectivity index (χ0v) is 7.31. The lowest BCUT2D eigenvalue weighted by molar-refractivity contribution is -0.172. The Morgan fingerprint density at radius 1 is 1.43 bits per heavy atom. The first kappa shape index (κ1) is 10.8. The van der Waals surface area contributed by atoms with Crippen LogP contribution in [0.1, 0.15) is 13.3 Å². The summed E-state index contributed by atoms with van der Waals surface area (Å²) in [7, 11) is 0. The molecule has 0 bridgehead atoms. The van der Waals surface area contributed by atoms with Crippen molar-refractivity contribution in [3.63, 3.8) is 0 Å². The number of imide groups is 1. The third kappa shape index (κ3) is 2.36. The maximum absolute atomic E-state index is 12.1. The number of carbonyl (C=O) groups excluding carboxylic acids is 2. The van der Waals surface area contributed by atoms with Crippen molar-refractivity contribution in [1.82, 2.24) is 10.6 Å². The van der Waals surface area contributed by atoms with Crippen molar-refractivity contribution < 1.29 is 22.8 Å². The summed E-state index contributed by atoms with van der Waals surface area (Å²) in [5.74, 6) is -2.32. The van der Waals surface area contributed by atoms with Gasteiger partial charge in [-0.25, -0.2) is 4.79 Å². The van der Waals surface area contributed by atoms with Crippen LogP contribution in [0.5, 0.6) is 0 Å². The van der Waals surface area contributed by atoms with E-state index in [-0.39, 0.29) is 0 Å². The molecule has 1 unspecified atom stereocenters. The van der Waals surface area contributed by atoms with Gasteiger partial charge in [-0.15, -0.1) is 0 Å². The van der Waals surface area contributed by atoms with Gasteiger partial charge in [-0.05, 0) is 6.42 Å². The fourth-order valence-corrected chi connectivity index (χ4v) is 1.11. The van der Waals surface area contributed by atoms with Crippen LogP contribution in [-0.4, -0.2) is 24.2 Å². The SMILES string of the molecule is C[C@H](CC1NC(=O)NC1=O)C(F)(F)F. The highest BCUT2D eigenvalue weighted by atomic mass is 19.4. The maximum Gasteiger partial charge on any atom is 0.391 e. The number of amides is 3. The Labute approximate surface area is 77.8 Å². The highest BCUT2D eigenvalue weighted by Crippen LogP contribution is 2.29. The predicted molar refractivity (Wildman–Crippen MR) is 40.3 cm³/mol. The van der Waals surface area contributed by atoms with E-state index in [2.05, 4.69) is 5.32 Å². The number of rotatable bonds is 2. The lowest BCUT2D eigenvalue weighted by Gasteiger charge is -2.17. The number of urea groups is 1. The van der Waals surface area contributed by atoms with Gasteiger partial charge >= 0.3 is 12.2 Å². The average molecular weight is 210 g/mol. The first-order chi connectivity index (χ1) is 6.30. The van der Waals surface area contributed by atoms with E-state index in [4.69, 9.17) is 0 Å². The van der Waals surface area contributed by atoms with Crippen molar-refractivity contribution in [3.05, 3.63) is 0 Å². The fraction of sp³-hybridized carbons (Fsp3) is 0.714. The van der Waals surface area contributed by atoms with Crippen LogP contribution in [0.2, 0.25) is 0 Å². The molecule has 3 amide bonds. The Morgan fingerprint density at radius 3 is 2.36 bits per heavy atom. The molecule has 1 rings (SSSR count). The van der Waals surface area contributed by atoms with Crippen LogP contribution in [0.25, 0.3) is 0 Å². The summed E-state index contributed by atoms with van der Waals surface area (Å²) >= 11 is 0. The molecule has 1 aliphatic heterocycles. The second-order valence-electron chi connectivity index (χ2n) is 3.19. The van der Waals surface area contributed by atoms with Crippen molar-refractivity contribution in [3.8, 4) is 0 Å². The normalized spacial score (nSPS) is 24.4. The molecule has 1 aliphatic rings. The second kappa shape index (κ2) is 3.47. The summed E-state index contributed by atoms with van der Waals surface area (Å²) in [6, 6.07) is -1.81. The standard InChI is InChI=1S/C7H9F3N2O2/c1-3(7(8,9)10)2-4-5(13)12-6(14)11-4/h3-4H,2H2,1H3,(H2,11,12,13,14)/t3-,4?/m1/s1. The number of hydrogen-bond acceptors (Lipinski definition) is 2. The highest BCUT2D eigenvalue weighted by molar-refractivity contribution is 6.04. The molecule has 0 aromatic rings. The largest absolute Gasteiger partial charge is 0.391 e. The summed E-state index contributed by atoms with van der Waals surface area (Å²) < 4.78 is 36.2. The Kier molecular flexibility index (Phi) is 2.68. The minimum absolute atomic E-state index is 0.429. The first-order valence-electron chi connectivity index (χ1n) is 3.99. The van der Waals surface area contributed by atoms with Crippen LogP contribution in [0, 0.1) is 5.92 Å². The summed E-state index contributed by atoms with van der Waals surface area (Å²) in [6.07, 6.45) is -4.77. The molecule has 2 N–H and O–H groups in total. The number of carbonyl (C=O) groups is 2. The van der Waals surface area contributed by atoms with Crippen LogP contribution in [0.4, 0.5) is 18.0 Å². The number of halogens is 3. The van der Waals surface area contributed by atoms with Crippen molar-refractivity contribution in [2.75, 3.05) is 0 Å². The molecule has 0 saturated carbocycles. The number of alkyl halides is 3. The van der Waals surface area contributed by atoms with Gasteiger partial charge in [0.25, 0.3) is 5.91 Å². The zero-order chi connectivity index (χ0) is 10.9. The Hall–Kier alpha value is -1.27. The molecule has 0 aromatic carbocycles. The Bertz CT molecular complexity index is 264. The van der Waals surface area contributed by atoms with Gasteiger partial charge in [0.05, 0.1) is 5.92 Å². The Balaban J connectivity index is 2.53. The molecule has 80 valence electrons. The van der Waals surface area contributed by atoms with Crippen LogP contribution in [0.3, 0.4) is 0 Å². The minimum Gasteiger partial charge on any atom is -0.326 e. The number of nitrogens with one attached hydrogen (secondary N) is 2. The third-order valence-corrected chi connectivity index (χ3v) is 2.01. The third-order valence-electron chi connectivity index (χ3n) is 2.01. The number of hydrogen-bond donors (Lipinski definition) is 2. The molecule has 1 heterocycles. The lowest BCUT2D eigenvalue weighted by atomic mass is 10.0. The van der Waals surface area contributed by atoms with Crippen molar-refractivity contribution in [1.29, 1.82) is 0 Å². The molecule has 0 spiro atoms. The van der Waals surface area contributed by atoms with E-state index < -0.39 is 36.5 Å². The van der Waals surface area contributed by atoms with E-state index >= 15 is 0 Å². The molecule has 7 heteroatoms. The van der Waals surface area contributed by atoms with E-state index in [1.165, 1.54) is 0 Å². The molecule has 0 aromatic heterocycles. The zero-order valence-electron chi connectivity index (χ0n) is 7.31. The average Bonchev–Trinajstić information content (AvgIpc) is 2.28. The smallest absolute Gasteiger partial charge is 0.326 e. The molecule has 0 radical (unpaired) electrons. The van der Waals surface area contributed by atoms with E-state index in [1.807, 2.05) is 5.32 Å². The summed E-state index contributed by atoms with van der Waals surface area (Å²) in [5.41, 5.74) is 0. The van der Waals surface area contributed by atoms with Gasteiger partial charge in [0.1, 0.15) is 6.04 Å². The van der Waals surface area contributed by atoms with Crippen molar-refractivity contribution >= 4 is 11.9 Å². The molecular formula is C7H9F3N2O2. The van der Waals surface area contributed by atoms with Crippen LogP contribution < -0.4 is 10.6 Å². The second-order valence-corrected chi connectivity index (χ2v) is 3.19. The topological polar surface area (TPSA) is 58.2 Å². The van der Waals surface area contributed by atoms with Gasteiger partial charge in [0.15, 0.2) is 0 Å². The quantitative estimate of drug-likeness (QED) is 0.662. The molecule has 0 aliphatic carbocycles.